The third kappa shape index (κ3) is 5.76. The van der Waals surface area contributed by atoms with E-state index in [0.29, 0.717) is 6.42 Å². The van der Waals surface area contributed by atoms with E-state index in [1.54, 1.807) is 28.4 Å². The molecule has 0 aromatic rings. The first-order valence-corrected chi connectivity index (χ1v) is 4.06. The van der Waals surface area contributed by atoms with Crippen LogP contribution >= 0.6 is 0 Å². The zero-order valence-corrected chi connectivity index (χ0v) is 8.65. The molecule has 0 bridgehead atoms. The molecule has 0 fully saturated rings. The van der Waals surface area contributed by atoms with Gasteiger partial charge in [0.05, 0.1) is 0 Å². The van der Waals surface area contributed by atoms with Crippen LogP contribution in [-0.4, -0.2) is 41.0 Å². The van der Waals surface area contributed by atoms with Crippen molar-refractivity contribution in [2.45, 2.75) is 19.0 Å². The first-order valence-electron chi connectivity index (χ1n) is 4.06. The number of hydrogen-bond acceptors (Lipinski definition) is 4. The molecule has 0 heterocycles. The van der Waals surface area contributed by atoms with E-state index in [4.69, 9.17) is 18.9 Å². The van der Waals surface area contributed by atoms with Crippen molar-refractivity contribution >= 4 is 0 Å². The van der Waals surface area contributed by atoms with Crippen molar-refractivity contribution in [2.24, 2.45) is 0 Å². The molecule has 0 aromatic heterocycles. The molecule has 78 valence electrons. The summed E-state index contributed by atoms with van der Waals surface area (Å²) in [5.41, 5.74) is 0. The molecule has 0 aliphatic carbocycles. The number of hydrogen-bond donors (Lipinski definition) is 0. The SMILES string of the molecule is COC(C=CCC(OC)OC)OC. The summed E-state index contributed by atoms with van der Waals surface area (Å²) in [6.07, 6.45) is 3.89. The van der Waals surface area contributed by atoms with Gasteiger partial charge in [-0.25, -0.2) is 0 Å². The van der Waals surface area contributed by atoms with E-state index in [9.17, 15) is 0 Å². The lowest BCUT2D eigenvalue weighted by Crippen LogP contribution is -2.12. The highest BCUT2D eigenvalue weighted by Crippen LogP contribution is 2.01. The summed E-state index contributed by atoms with van der Waals surface area (Å²) >= 11 is 0. The van der Waals surface area contributed by atoms with Crippen molar-refractivity contribution in [2.75, 3.05) is 28.4 Å². The van der Waals surface area contributed by atoms with Crippen LogP contribution in [0.3, 0.4) is 0 Å². The zero-order chi connectivity index (χ0) is 10.1. The predicted octanol–water partition coefficient (Wildman–Crippen LogP) is 1.17. The Morgan fingerprint density at radius 3 is 1.85 bits per heavy atom. The molecule has 0 saturated carbocycles. The van der Waals surface area contributed by atoms with E-state index < -0.39 is 0 Å². The Bertz CT molecular complexity index is 128. The van der Waals surface area contributed by atoms with E-state index in [0.717, 1.165) is 0 Å². The Hall–Kier alpha value is -0.420. The molecule has 0 radical (unpaired) electrons. The third-order valence-electron chi connectivity index (χ3n) is 1.61. The molecule has 0 atom stereocenters. The monoisotopic (exact) mass is 190 g/mol. The second kappa shape index (κ2) is 8.19. The fraction of sp³-hybridized carbons (Fsp3) is 0.778. The highest BCUT2D eigenvalue weighted by atomic mass is 16.7. The predicted molar refractivity (Wildman–Crippen MR) is 49.4 cm³/mol. The van der Waals surface area contributed by atoms with Gasteiger partial charge in [-0.15, -0.1) is 0 Å². The third-order valence-corrected chi connectivity index (χ3v) is 1.61. The van der Waals surface area contributed by atoms with Crippen LogP contribution in [0.15, 0.2) is 12.2 Å². The van der Waals surface area contributed by atoms with Crippen LogP contribution in [0.1, 0.15) is 6.42 Å². The minimum Gasteiger partial charge on any atom is -0.356 e. The molecule has 0 saturated heterocycles. The first kappa shape index (κ1) is 12.6. The van der Waals surface area contributed by atoms with Crippen LogP contribution in [-0.2, 0) is 18.9 Å². The molecule has 13 heavy (non-hydrogen) atoms. The zero-order valence-electron chi connectivity index (χ0n) is 8.65. The molecule has 0 rings (SSSR count). The molecular weight excluding hydrogens is 172 g/mol. The Labute approximate surface area is 79.4 Å². The van der Waals surface area contributed by atoms with Gasteiger partial charge < -0.3 is 18.9 Å². The van der Waals surface area contributed by atoms with Gasteiger partial charge in [-0.1, -0.05) is 6.08 Å². The van der Waals surface area contributed by atoms with Crippen molar-refractivity contribution < 1.29 is 18.9 Å². The van der Waals surface area contributed by atoms with Gasteiger partial charge in [0.2, 0.25) is 0 Å². The van der Waals surface area contributed by atoms with E-state index in [-0.39, 0.29) is 12.6 Å². The molecule has 0 aliphatic rings. The van der Waals surface area contributed by atoms with Crippen LogP contribution in [0.5, 0.6) is 0 Å². The van der Waals surface area contributed by atoms with Crippen LogP contribution in [0.2, 0.25) is 0 Å². The van der Waals surface area contributed by atoms with Gasteiger partial charge in [-0.05, 0) is 6.08 Å². The maximum Gasteiger partial charge on any atom is 0.176 e. The van der Waals surface area contributed by atoms with Gasteiger partial charge in [0.25, 0.3) is 0 Å². The highest BCUT2D eigenvalue weighted by molar-refractivity contribution is 4.85. The molecule has 0 aliphatic heterocycles. The normalized spacial score (nSPS) is 12.2. The smallest absolute Gasteiger partial charge is 0.176 e. The van der Waals surface area contributed by atoms with Crippen molar-refractivity contribution in [3.63, 3.8) is 0 Å². The van der Waals surface area contributed by atoms with Gasteiger partial charge in [0.15, 0.2) is 12.6 Å². The van der Waals surface area contributed by atoms with Crippen LogP contribution in [0.4, 0.5) is 0 Å². The van der Waals surface area contributed by atoms with Gasteiger partial charge in [-0.3, -0.25) is 0 Å². The lowest BCUT2D eigenvalue weighted by molar-refractivity contribution is -0.0994. The molecular formula is C9H18O4. The quantitative estimate of drug-likeness (QED) is 0.446. The summed E-state index contributed by atoms with van der Waals surface area (Å²) < 4.78 is 19.9. The Balaban J connectivity index is 3.70. The van der Waals surface area contributed by atoms with Crippen molar-refractivity contribution in [1.29, 1.82) is 0 Å². The van der Waals surface area contributed by atoms with E-state index in [1.165, 1.54) is 0 Å². The minimum atomic E-state index is -0.297. The summed E-state index contributed by atoms with van der Waals surface area (Å²) in [6, 6.07) is 0. The molecule has 0 N–H and O–H groups in total. The standard InChI is InChI=1S/C9H18O4/c1-10-8(11-2)6-5-7-9(12-3)13-4/h5-6,8-9H,7H2,1-4H3. The van der Waals surface area contributed by atoms with Crippen molar-refractivity contribution in [3.8, 4) is 0 Å². The summed E-state index contributed by atoms with van der Waals surface area (Å²) in [5, 5.41) is 0. The Kier molecular flexibility index (Phi) is 7.93. The summed E-state index contributed by atoms with van der Waals surface area (Å²) in [5.74, 6) is 0. The van der Waals surface area contributed by atoms with Crippen LogP contribution < -0.4 is 0 Å². The maximum absolute atomic E-state index is 4.99. The summed E-state index contributed by atoms with van der Waals surface area (Å²) in [7, 11) is 6.38. The summed E-state index contributed by atoms with van der Waals surface area (Å²) in [4.78, 5) is 0. The fourth-order valence-electron chi connectivity index (χ4n) is 0.843. The average Bonchev–Trinajstić information content (AvgIpc) is 2.19. The molecule has 4 nitrogen and oxygen atoms in total. The Morgan fingerprint density at radius 1 is 0.923 bits per heavy atom. The molecule has 0 amide bonds. The topological polar surface area (TPSA) is 36.9 Å². The van der Waals surface area contributed by atoms with Gasteiger partial charge in [-0.2, -0.15) is 0 Å². The summed E-state index contributed by atoms with van der Waals surface area (Å²) in [6.45, 7) is 0. The number of methoxy groups -OCH3 is 4. The number of rotatable bonds is 7. The molecule has 4 heteroatoms. The molecule has 0 unspecified atom stereocenters. The average molecular weight is 190 g/mol. The molecule has 0 spiro atoms. The van der Waals surface area contributed by atoms with E-state index in [2.05, 4.69) is 0 Å². The second-order valence-electron chi connectivity index (χ2n) is 2.40. The fourth-order valence-corrected chi connectivity index (χ4v) is 0.843. The molecule has 0 aromatic carbocycles. The highest BCUT2D eigenvalue weighted by Gasteiger charge is 2.02. The van der Waals surface area contributed by atoms with Crippen LogP contribution in [0.25, 0.3) is 0 Å². The maximum atomic E-state index is 4.99. The lowest BCUT2D eigenvalue weighted by Gasteiger charge is -2.11. The minimum absolute atomic E-state index is 0.203. The largest absolute Gasteiger partial charge is 0.356 e. The van der Waals surface area contributed by atoms with Gasteiger partial charge in [0.1, 0.15) is 0 Å². The van der Waals surface area contributed by atoms with E-state index >= 15 is 0 Å². The lowest BCUT2D eigenvalue weighted by atomic mass is 10.3. The Morgan fingerprint density at radius 2 is 1.46 bits per heavy atom. The van der Waals surface area contributed by atoms with Gasteiger partial charge in [0, 0.05) is 34.9 Å². The van der Waals surface area contributed by atoms with Crippen LogP contribution in [0, 0.1) is 0 Å². The van der Waals surface area contributed by atoms with Crippen molar-refractivity contribution in [1.82, 2.24) is 0 Å². The van der Waals surface area contributed by atoms with Gasteiger partial charge >= 0.3 is 0 Å². The second-order valence-corrected chi connectivity index (χ2v) is 2.40. The van der Waals surface area contributed by atoms with Crippen molar-refractivity contribution in [3.05, 3.63) is 12.2 Å². The first-order chi connectivity index (χ1) is 6.28. The van der Waals surface area contributed by atoms with E-state index in [1.807, 2.05) is 12.2 Å². The number of ether oxygens (including phenoxy) is 4.